The highest BCUT2D eigenvalue weighted by Crippen LogP contribution is 2.34. The van der Waals surface area contributed by atoms with E-state index in [0.29, 0.717) is 6.54 Å². The fourth-order valence-electron chi connectivity index (χ4n) is 2.62. The third-order valence-corrected chi connectivity index (χ3v) is 4.07. The number of urea groups is 1. The predicted molar refractivity (Wildman–Crippen MR) is 82.0 cm³/mol. The number of carbonyl (C=O) groups excluding carboxylic acids is 1. The number of carbonyl (C=O) groups is 1. The third kappa shape index (κ3) is 3.50. The first-order chi connectivity index (χ1) is 12.4. The molecule has 3 rings (SSSR count). The number of amides is 2. The van der Waals surface area contributed by atoms with Gasteiger partial charge in [0, 0.05) is 36.6 Å². The molecule has 6 nitrogen and oxygen atoms in total. The SMILES string of the molecule is O=C1NCCN1[C@H](c1cnc(OC(F)F)nc1)c1ccc(F)c(Cl)c1F. The van der Waals surface area contributed by atoms with E-state index in [-0.39, 0.29) is 17.7 Å². The number of benzene rings is 1. The molecule has 0 bridgehead atoms. The summed E-state index contributed by atoms with van der Waals surface area (Å²) in [5, 5.41) is 1.85. The molecule has 1 atom stereocenters. The topological polar surface area (TPSA) is 67.4 Å². The van der Waals surface area contributed by atoms with E-state index in [0.717, 1.165) is 24.5 Å². The summed E-state index contributed by atoms with van der Waals surface area (Å²) >= 11 is 5.64. The Kier molecular flexibility index (Phi) is 5.12. The fraction of sp³-hybridized carbons (Fsp3) is 0.267. The van der Waals surface area contributed by atoms with E-state index >= 15 is 0 Å². The van der Waals surface area contributed by atoms with Crippen LogP contribution >= 0.6 is 11.6 Å². The Bertz CT molecular complexity index is 822. The van der Waals surface area contributed by atoms with E-state index in [9.17, 15) is 22.4 Å². The Hall–Kier alpha value is -2.62. The first-order valence-corrected chi connectivity index (χ1v) is 7.71. The first-order valence-electron chi connectivity index (χ1n) is 7.33. The summed E-state index contributed by atoms with van der Waals surface area (Å²) in [5.74, 6) is -1.99. The molecule has 2 amide bonds. The van der Waals surface area contributed by atoms with Crippen molar-refractivity contribution in [2.24, 2.45) is 0 Å². The summed E-state index contributed by atoms with van der Waals surface area (Å²) < 4.78 is 56.5. The lowest BCUT2D eigenvalue weighted by atomic mass is 9.99. The molecule has 2 aromatic rings. The Morgan fingerprint density at radius 3 is 2.50 bits per heavy atom. The van der Waals surface area contributed by atoms with Gasteiger partial charge in [-0.25, -0.2) is 23.5 Å². The number of ether oxygens (including phenoxy) is 1. The van der Waals surface area contributed by atoms with Crippen LogP contribution < -0.4 is 10.1 Å². The highest BCUT2D eigenvalue weighted by atomic mass is 35.5. The minimum atomic E-state index is -3.10. The largest absolute Gasteiger partial charge is 0.401 e. The van der Waals surface area contributed by atoms with Crippen LogP contribution in [-0.2, 0) is 0 Å². The van der Waals surface area contributed by atoms with Gasteiger partial charge in [0.15, 0.2) is 0 Å². The Morgan fingerprint density at radius 2 is 1.92 bits per heavy atom. The van der Waals surface area contributed by atoms with Crippen LogP contribution in [-0.4, -0.2) is 40.6 Å². The van der Waals surface area contributed by atoms with Crippen LogP contribution in [0.1, 0.15) is 17.2 Å². The van der Waals surface area contributed by atoms with Crippen molar-refractivity contribution >= 4 is 17.6 Å². The summed E-state index contributed by atoms with van der Waals surface area (Å²) in [6.45, 7) is -2.55. The molecule has 0 saturated carbocycles. The second-order valence-corrected chi connectivity index (χ2v) is 5.65. The molecule has 1 aromatic carbocycles. The Balaban J connectivity index is 2.05. The first kappa shape index (κ1) is 18.2. The average molecular weight is 391 g/mol. The molecule has 1 aromatic heterocycles. The molecule has 1 N–H and O–H groups in total. The zero-order valence-corrected chi connectivity index (χ0v) is 13.7. The summed E-state index contributed by atoms with van der Waals surface area (Å²) in [4.78, 5) is 20.6. The number of alkyl halides is 2. The standard InChI is InChI=1S/C15H11ClF4N4O2/c16-10-9(17)2-1-8(11(10)18)12(24-4-3-21-15(24)25)7-5-22-14(23-6-7)26-13(19)20/h1-2,5-6,12-13H,3-4H2,(H,21,25)/t12-/m1/s1. The predicted octanol–water partition coefficient (Wildman–Crippen LogP) is 3.12. The van der Waals surface area contributed by atoms with E-state index in [1.165, 1.54) is 4.90 Å². The number of hydrogen-bond acceptors (Lipinski definition) is 4. The lowest BCUT2D eigenvalue weighted by Crippen LogP contribution is -2.33. The third-order valence-electron chi connectivity index (χ3n) is 3.72. The van der Waals surface area contributed by atoms with Gasteiger partial charge in [0.1, 0.15) is 16.7 Å². The second kappa shape index (κ2) is 7.32. The molecule has 1 fully saturated rings. The van der Waals surface area contributed by atoms with Crippen molar-refractivity contribution in [1.82, 2.24) is 20.2 Å². The minimum Gasteiger partial charge on any atom is -0.401 e. The van der Waals surface area contributed by atoms with Crippen LogP contribution in [0.3, 0.4) is 0 Å². The van der Waals surface area contributed by atoms with Crippen LogP contribution in [0.4, 0.5) is 22.4 Å². The molecule has 1 aliphatic rings. The van der Waals surface area contributed by atoms with E-state index in [2.05, 4.69) is 20.0 Å². The molecular weight excluding hydrogens is 380 g/mol. The van der Waals surface area contributed by atoms with Crippen LogP contribution in [0.15, 0.2) is 24.5 Å². The zero-order valence-electron chi connectivity index (χ0n) is 12.9. The number of aromatic nitrogens is 2. The van der Waals surface area contributed by atoms with Crippen molar-refractivity contribution < 1.29 is 27.1 Å². The second-order valence-electron chi connectivity index (χ2n) is 5.27. The highest BCUT2D eigenvalue weighted by molar-refractivity contribution is 6.31. The lowest BCUT2D eigenvalue weighted by Gasteiger charge is -2.27. The van der Waals surface area contributed by atoms with Gasteiger partial charge in [0.2, 0.25) is 0 Å². The molecule has 138 valence electrons. The maximum Gasteiger partial charge on any atom is 0.389 e. The van der Waals surface area contributed by atoms with Gasteiger partial charge in [-0.3, -0.25) is 0 Å². The molecule has 0 unspecified atom stereocenters. The van der Waals surface area contributed by atoms with Crippen molar-refractivity contribution in [2.45, 2.75) is 12.7 Å². The van der Waals surface area contributed by atoms with Gasteiger partial charge >= 0.3 is 18.7 Å². The van der Waals surface area contributed by atoms with Crippen LogP contribution in [0.5, 0.6) is 6.01 Å². The van der Waals surface area contributed by atoms with Crippen LogP contribution in [0, 0.1) is 11.6 Å². The molecule has 1 aliphatic heterocycles. The molecule has 0 spiro atoms. The molecule has 11 heteroatoms. The van der Waals surface area contributed by atoms with Crippen LogP contribution in [0.2, 0.25) is 5.02 Å². The lowest BCUT2D eigenvalue weighted by molar-refractivity contribution is -0.0561. The molecule has 0 aliphatic carbocycles. The number of hydrogen-bond donors (Lipinski definition) is 1. The highest BCUT2D eigenvalue weighted by Gasteiger charge is 2.33. The van der Waals surface area contributed by atoms with Crippen LogP contribution in [0.25, 0.3) is 0 Å². The summed E-state index contributed by atoms with van der Waals surface area (Å²) in [6.07, 6.45) is 2.25. The zero-order chi connectivity index (χ0) is 18.8. The molecule has 26 heavy (non-hydrogen) atoms. The van der Waals surface area contributed by atoms with E-state index < -0.39 is 41.4 Å². The smallest absolute Gasteiger partial charge is 0.389 e. The van der Waals surface area contributed by atoms with Gasteiger partial charge in [0.05, 0.1) is 6.04 Å². The maximum absolute atomic E-state index is 14.5. The van der Waals surface area contributed by atoms with Crippen molar-refractivity contribution in [3.05, 3.63) is 52.3 Å². The van der Waals surface area contributed by atoms with E-state index in [1.54, 1.807) is 0 Å². The van der Waals surface area contributed by atoms with Gasteiger partial charge in [0.25, 0.3) is 0 Å². The molecular formula is C15H11ClF4N4O2. The minimum absolute atomic E-state index is 0.0837. The summed E-state index contributed by atoms with van der Waals surface area (Å²) in [7, 11) is 0. The van der Waals surface area contributed by atoms with Crippen molar-refractivity contribution in [2.75, 3.05) is 13.1 Å². The summed E-state index contributed by atoms with van der Waals surface area (Å²) in [6, 6.07) is 0.0256. The number of halogens is 5. The normalized spacial score (nSPS) is 15.3. The van der Waals surface area contributed by atoms with Crippen molar-refractivity contribution in [1.29, 1.82) is 0 Å². The quantitative estimate of drug-likeness (QED) is 0.629. The van der Waals surface area contributed by atoms with Gasteiger partial charge in [-0.2, -0.15) is 8.78 Å². The average Bonchev–Trinajstić information content (AvgIpc) is 3.02. The number of rotatable bonds is 5. The van der Waals surface area contributed by atoms with Crippen molar-refractivity contribution in [3.8, 4) is 6.01 Å². The monoisotopic (exact) mass is 390 g/mol. The van der Waals surface area contributed by atoms with E-state index in [4.69, 9.17) is 11.6 Å². The van der Waals surface area contributed by atoms with Gasteiger partial charge in [-0.15, -0.1) is 0 Å². The summed E-state index contributed by atoms with van der Waals surface area (Å²) in [5.41, 5.74) is 0.129. The van der Waals surface area contributed by atoms with Gasteiger partial charge in [-0.05, 0) is 6.07 Å². The Labute approximate surface area is 149 Å². The van der Waals surface area contributed by atoms with Gasteiger partial charge < -0.3 is 15.0 Å². The van der Waals surface area contributed by atoms with E-state index in [1.807, 2.05) is 0 Å². The number of nitrogens with one attached hydrogen (secondary N) is 1. The number of nitrogens with zero attached hydrogens (tertiary/aromatic N) is 3. The van der Waals surface area contributed by atoms with Crippen molar-refractivity contribution in [3.63, 3.8) is 0 Å². The molecule has 0 radical (unpaired) electrons. The fourth-order valence-corrected chi connectivity index (χ4v) is 2.79. The maximum atomic E-state index is 14.5. The molecule has 2 heterocycles. The Morgan fingerprint density at radius 1 is 1.23 bits per heavy atom. The van der Waals surface area contributed by atoms with Gasteiger partial charge in [-0.1, -0.05) is 17.7 Å². The molecule has 1 saturated heterocycles.